The quantitative estimate of drug-likeness (QED) is 0.825. The molecule has 6 nitrogen and oxygen atoms in total. The second kappa shape index (κ2) is 7.43. The SMILES string of the molecule is CC(C1CCN(C(=O)CCc2nncn2C)CC1)N1CCCC1. The van der Waals surface area contributed by atoms with Gasteiger partial charge in [-0.2, -0.15) is 0 Å². The van der Waals surface area contributed by atoms with Crippen LogP contribution in [0, 0.1) is 5.92 Å². The summed E-state index contributed by atoms with van der Waals surface area (Å²) in [4.78, 5) is 17.1. The highest BCUT2D eigenvalue weighted by atomic mass is 16.2. The molecule has 0 radical (unpaired) electrons. The third kappa shape index (κ3) is 3.91. The number of nitrogens with zero attached hydrogens (tertiary/aromatic N) is 5. The smallest absolute Gasteiger partial charge is 0.223 e. The first-order valence-electron chi connectivity index (χ1n) is 9.00. The van der Waals surface area contributed by atoms with Crippen LogP contribution >= 0.6 is 0 Å². The van der Waals surface area contributed by atoms with E-state index in [2.05, 4.69) is 22.0 Å². The number of hydrogen-bond acceptors (Lipinski definition) is 4. The molecule has 1 unspecified atom stereocenters. The third-order valence-corrected chi connectivity index (χ3v) is 5.66. The summed E-state index contributed by atoms with van der Waals surface area (Å²) in [5.74, 6) is 1.90. The lowest BCUT2D eigenvalue weighted by Crippen LogP contribution is -2.45. The second-order valence-electron chi connectivity index (χ2n) is 7.06. The number of rotatable bonds is 5. The Morgan fingerprint density at radius 1 is 1.26 bits per heavy atom. The van der Waals surface area contributed by atoms with E-state index in [-0.39, 0.29) is 5.91 Å². The summed E-state index contributed by atoms with van der Waals surface area (Å²) in [6.45, 7) is 6.73. The zero-order valence-corrected chi connectivity index (χ0v) is 14.4. The topological polar surface area (TPSA) is 54.3 Å². The van der Waals surface area contributed by atoms with E-state index in [0.717, 1.165) is 37.7 Å². The molecule has 2 saturated heterocycles. The highest BCUT2D eigenvalue weighted by Gasteiger charge is 2.30. The fourth-order valence-electron chi connectivity index (χ4n) is 3.99. The highest BCUT2D eigenvalue weighted by Crippen LogP contribution is 2.26. The summed E-state index contributed by atoms with van der Waals surface area (Å²) >= 11 is 0. The van der Waals surface area contributed by atoms with E-state index in [1.807, 2.05) is 16.5 Å². The minimum atomic E-state index is 0.264. The lowest BCUT2D eigenvalue weighted by molar-refractivity contribution is -0.132. The molecule has 1 aromatic heterocycles. The number of aromatic nitrogens is 3. The van der Waals surface area contributed by atoms with Gasteiger partial charge in [-0.3, -0.25) is 4.79 Å². The van der Waals surface area contributed by atoms with Crippen LogP contribution in [-0.4, -0.2) is 62.7 Å². The van der Waals surface area contributed by atoms with Crippen LogP contribution in [0.25, 0.3) is 0 Å². The number of carbonyl (C=O) groups is 1. The Labute approximate surface area is 138 Å². The third-order valence-electron chi connectivity index (χ3n) is 5.66. The van der Waals surface area contributed by atoms with E-state index in [1.165, 1.54) is 25.9 Å². The molecule has 128 valence electrons. The maximum atomic E-state index is 12.4. The highest BCUT2D eigenvalue weighted by molar-refractivity contribution is 5.76. The van der Waals surface area contributed by atoms with Crippen LogP contribution in [0.15, 0.2) is 6.33 Å². The Morgan fingerprint density at radius 3 is 2.57 bits per heavy atom. The molecular formula is C17H29N5O. The Balaban J connectivity index is 1.43. The predicted octanol–water partition coefficient (Wildman–Crippen LogP) is 1.47. The summed E-state index contributed by atoms with van der Waals surface area (Å²) in [6.07, 6.45) is 7.90. The van der Waals surface area contributed by atoms with Crippen molar-refractivity contribution >= 4 is 5.91 Å². The largest absolute Gasteiger partial charge is 0.343 e. The van der Waals surface area contributed by atoms with Crippen molar-refractivity contribution in [3.63, 3.8) is 0 Å². The number of amides is 1. The molecule has 1 atom stereocenters. The van der Waals surface area contributed by atoms with Crippen molar-refractivity contribution in [2.45, 2.75) is 51.5 Å². The molecule has 23 heavy (non-hydrogen) atoms. The van der Waals surface area contributed by atoms with Gasteiger partial charge in [0.15, 0.2) is 0 Å². The van der Waals surface area contributed by atoms with Gasteiger partial charge in [0.2, 0.25) is 5.91 Å². The Bertz CT molecular complexity index is 515. The lowest BCUT2D eigenvalue weighted by atomic mass is 9.89. The Morgan fingerprint density at radius 2 is 1.96 bits per heavy atom. The molecule has 0 N–H and O–H groups in total. The van der Waals surface area contributed by atoms with E-state index < -0.39 is 0 Å². The zero-order valence-electron chi connectivity index (χ0n) is 14.4. The number of piperidine rings is 1. The maximum Gasteiger partial charge on any atom is 0.223 e. The number of carbonyl (C=O) groups excluding carboxylic acids is 1. The van der Waals surface area contributed by atoms with Crippen LogP contribution in [-0.2, 0) is 18.3 Å². The monoisotopic (exact) mass is 319 g/mol. The molecule has 1 amide bonds. The van der Waals surface area contributed by atoms with Gasteiger partial charge in [-0.1, -0.05) is 0 Å². The summed E-state index contributed by atoms with van der Waals surface area (Å²) in [6, 6.07) is 0.674. The molecule has 3 rings (SSSR count). The first kappa shape index (κ1) is 16.4. The predicted molar refractivity (Wildman–Crippen MR) is 88.9 cm³/mol. The van der Waals surface area contributed by atoms with Crippen molar-refractivity contribution in [3.05, 3.63) is 12.2 Å². The summed E-state index contributed by atoms with van der Waals surface area (Å²) in [7, 11) is 1.92. The Hall–Kier alpha value is -1.43. The van der Waals surface area contributed by atoms with Crippen LogP contribution in [0.5, 0.6) is 0 Å². The van der Waals surface area contributed by atoms with Crippen molar-refractivity contribution in [1.29, 1.82) is 0 Å². The summed E-state index contributed by atoms with van der Waals surface area (Å²) < 4.78 is 1.89. The first-order valence-corrected chi connectivity index (χ1v) is 9.00. The van der Waals surface area contributed by atoms with Gasteiger partial charge >= 0.3 is 0 Å². The summed E-state index contributed by atoms with van der Waals surface area (Å²) in [5.41, 5.74) is 0. The van der Waals surface area contributed by atoms with Gasteiger partial charge < -0.3 is 14.4 Å². The number of aryl methyl sites for hydroxylation is 2. The molecule has 0 bridgehead atoms. The van der Waals surface area contributed by atoms with Crippen LogP contribution in [0.4, 0.5) is 0 Å². The van der Waals surface area contributed by atoms with Gasteiger partial charge in [0.25, 0.3) is 0 Å². The molecule has 1 aromatic rings. The van der Waals surface area contributed by atoms with Crippen molar-refractivity contribution in [2.24, 2.45) is 13.0 Å². The van der Waals surface area contributed by atoms with E-state index >= 15 is 0 Å². The van der Waals surface area contributed by atoms with Gasteiger partial charge in [-0.25, -0.2) is 0 Å². The Kier molecular flexibility index (Phi) is 5.30. The van der Waals surface area contributed by atoms with Gasteiger partial charge in [-0.15, -0.1) is 10.2 Å². The van der Waals surface area contributed by atoms with Gasteiger partial charge in [0, 0.05) is 39.0 Å². The normalized spacial score (nSPS) is 21.7. The number of hydrogen-bond donors (Lipinski definition) is 0. The molecule has 0 aromatic carbocycles. The van der Waals surface area contributed by atoms with Crippen molar-refractivity contribution in [3.8, 4) is 0 Å². The van der Waals surface area contributed by atoms with Crippen LogP contribution in [0.1, 0.15) is 44.9 Å². The minimum absolute atomic E-state index is 0.264. The molecule has 2 aliphatic rings. The van der Waals surface area contributed by atoms with Gasteiger partial charge in [-0.05, 0) is 51.6 Å². The van der Waals surface area contributed by atoms with E-state index in [9.17, 15) is 4.79 Å². The minimum Gasteiger partial charge on any atom is -0.343 e. The van der Waals surface area contributed by atoms with E-state index in [0.29, 0.717) is 18.9 Å². The van der Waals surface area contributed by atoms with E-state index in [4.69, 9.17) is 0 Å². The average Bonchev–Trinajstić information content (AvgIpc) is 3.24. The molecule has 3 heterocycles. The van der Waals surface area contributed by atoms with Gasteiger partial charge in [0.05, 0.1) is 0 Å². The lowest BCUT2D eigenvalue weighted by Gasteiger charge is -2.38. The molecule has 0 aliphatic carbocycles. The molecule has 2 fully saturated rings. The van der Waals surface area contributed by atoms with Crippen LogP contribution in [0.2, 0.25) is 0 Å². The van der Waals surface area contributed by atoms with Crippen LogP contribution < -0.4 is 0 Å². The van der Waals surface area contributed by atoms with Crippen LogP contribution in [0.3, 0.4) is 0 Å². The number of likely N-dealkylation sites (tertiary alicyclic amines) is 2. The molecule has 0 spiro atoms. The fourth-order valence-corrected chi connectivity index (χ4v) is 3.99. The van der Waals surface area contributed by atoms with Crippen molar-refractivity contribution in [2.75, 3.05) is 26.2 Å². The molecule has 6 heteroatoms. The summed E-state index contributed by atoms with van der Waals surface area (Å²) in [5, 5.41) is 7.91. The molecular weight excluding hydrogens is 290 g/mol. The van der Waals surface area contributed by atoms with Gasteiger partial charge in [0.1, 0.15) is 12.2 Å². The molecule has 0 saturated carbocycles. The van der Waals surface area contributed by atoms with Crippen molar-refractivity contribution < 1.29 is 4.79 Å². The van der Waals surface area contributed by atoms with E-state index in [1.54, 1.807) is 6.33 Å². The fraction of sp³-hybridized carbons (Fsp3) is 0.824. The zero-order chi connectivity index (χ0) is 16.2. The van der Waals surface area contributed by atoms with Crippen molar-refractivity contribution in [1.82, 2.24) is 24.6 Å². The average molecular weight is 319 g/mol. The molecule has 2 aliphatic heterocycles. The first-order chi connectivity index (χ1) is 11.1. The standard InChI is InChI=1S/C17H29N5O/c1-14(21-9-3-4-10-21)15-7-11-22(12-8-15)17(23)6-5-16-19-18-13-20(16)2/h13-15H,3-12H2,1-2H3. The second-order valence-corrected chi connectivity index (χ2v) is 7.06. The maximum absolute atomic E-state index is 12.4.